The Kier molecular flexibility index (Phi) is 4.16. The maximum absolute atomic E-state index is 14.8. The van der Waals surface area contributed by atoms with Gasteiger partial charge in [-0.1, -0.05) is 32.1 Å². The van der Waals surface area contributed by atoms with Crippen LogP contribution in [-0.4, -0.2) is 15.9 Å². The van der Waals surface area contributed by atoms with E-state index >= 15 is 0 Å². The predicted octanol–water partition coefficient (Wildman–Crippen LogP) is 6.21. The summed E-state index contributed by atoms with van der Waals surface area (Å²) in [5.41, 5.74) is 6.92. The minimum absolute atomic E-state index is 0.0630. The lowest BCUT2D eigenvalue weighted by molar-refractivity contribution is 0.574. The van der Waals surface area contributed by atoms with Gasteiger partial charge in [-0.15, -0.1) is 0 Å². The summed E-state index contributed by atoms with van der Waals surface area (Å²) in [4.78, 5) is 4.82. The highest BCUT2D eigenvalue weighted by Crippen LogP contribution is 2.50. The second-order valence-corrected chi connectivity index (χ2v) is 8.22. The topological polar surface area (TPSA) is 41.0 Å². The van der Waals surface area contributed by atoms with E-state index in [0.29, 0.717) is 23.2 Å². The Labute approximate surface area is 168 Å². The van der Waals surface area contributed by atoms with Gasteiger partial charge in [0.1, 0.15) is 23.0 Å². The van der Waals surface area contributed by atoms with Crippen LogP contribution in [0.1, 0.15) is 50.1 Å². The Morgan fingerprint density at radius 2 is 1.97 bits per heavy atom. The van der Waals surface area contributed by atoms with Gasteiger partial charge in [-0.25, -0.2) is 13.8 Å². The Bertz CT molecular complexity index is 1130. The predicted molar refractivity (Wildman–Crippen MR) is 111 cm³/mol. The van der Waals surface area contributed by atoms with Gasteiger partial charge in [0, 0.05) is 5.57 Å². The van der Waals surface area contributed by atoms with Crippen LogP contribution in [0.15, 0.2) is 52.1 Å². The number of nitrogens with one attached hydrogen (secondary N) is 1. The lowest BCUT2D eigenvalue weighted by atomic mass is 9.70. The van der Waals surface area contributed by atoms with Crippen LogP contribution in [0, 0.1) is 30.4 Å². The van der Waals surface area contributed by atoms with Crippen molar-refractivity contribution < 1.29 is 8.78 Å². The molecule has 2 heterocycles. The summed E-state index contributed by atoms with van der Waals surface area (Å²) >= 11 is 0. The lowest BCUT2D eigenvalue weighted by Gasteiger charge is -2.33. The van der Waals surface area contributed by atoms with Crippen molar-refractivity contribution in [3.63, 3.8) is 0 Å². The number of allylic oxidation sites excluding steroid dienone is 6. The molecule has 2 aliphatic carbocycles. The van der Waals surface area contributed by atoms with E-state index in [-0.39, 0.29) is 5.56 Å². The van der Waals surface area contributed by atoms with E-state index in [1.54, 1.807) is 0 Å². The fourth-order valence-electron chi connectivity index (χ4n) is 4.87. The van der Waals surface area contributed by atoms with Gasteiger partial charge in [-0.05, 0) is 66.9 Å². The molecular formula is C24H23F2N3. The fraction of sp³-hybridized carbons (Fsp3) is 0.333. The molecular weight excluding hydrogens is 368 g/mol. The van der Waals surface area contributed by atoms with Gasteiger partial charge in [-0.3, -0.25) is 5.10 Å². The highest BCUT2D eigenvalue weighted by molar-refractivity contribution is 6.20. The summed E-state index contributed by atoms with van der Waals surface area (Å²) in [6.07, 6.45) is 7.16. The SMILES string of the molecule is CCC1CC=C2C(c3c(F)cccc3F)=Nc3c(n[nH]c3C)C3=C2C1=CC(C)C3. The molecule has 5 heteroatoms. The summed E-state index contributed by atoms with van der Waals surface area (Å²) in [5.74, 6) is -0.402. The van der Waals surface area contributed by atoms with E-state index in [1.165, 1.54) is 23.8 Å². The van der Waals surface area contributed by atoms with Crippen molar-refractivity contribution in [1.29, 1.82) is 0 Å². The van der Waals surface area contributed by atoms with Crippen LogP contribution in [0.4, 0.5) is 14.5 Å². The van der Waals surface area contributed by atoms with Crippen LogP contribution in [0.25, 0.3) is 5.57 Å². The van der Waals surface area contributed by atoms with Gasteiger partial charge in [0.15, 0.2) is 0 Å². The molecule has 0 saturated carbocycles. The standard InChI is InChI=1S/C24H23F2N3/c1-4-14-8-9-15-20-16(14)10-12(2)11-17(20)24-22(13(3)28-29-24)27-23(15)21-18(25)6-5-7-19(21)26/h5-7,9-10,12,14H,4,8,11H2,1-3H3,(H,28,29). The van der Waals surface area contributed by atoms with Crippen molar-refractivity contribution in [2.24, 2.45) is 16.8 Å². The maximum Gasteiger partial charge on any atom is 0.135 e. The molecule has 5 rings (SSSR count). The molecule has 148 valence electrons. The molecule has 0 spiro atoms. The summed E-state index contributed by atoms with van der Waals surface area (Å²) in [6.45, 7) is 6.30. The molecule has 0 saturated heterocycles. The molecule has 3 aliphatic rings. The smallest absolute Gasteiger partial charge is 0.135 e. The normalized spacial score (nSPS) is 23.0. The number of aryl methyl sites for hydroxylation is 1. The number of H-pyrrole nitrogens is 1. The number of aromatic amines is 1. The van der Waals surface area contributed by atoms with Crippen molar-refractivity contribution in [3.05, 3.63) is 75.7 Å². The third-order valence-electron chi connectivity index (χ3n) is 6.27. The Morgan fingerprint density at radius 1 is 1.21 bits per heavy atom. The van der Waals surface area contributed by atoms with Crippen molar-refractivity contribution in [2.75, 3.05) is 0 Å². The number of benzene rings is 1. The molecule has 1 aromatic carbocycles. The molecule has 0 amide bonds. The van der Waals surface area contributed by atoms with Gasteiger partial charge in [0.05, 0.1) is 17.0 Å². The number of aliphatic imine (C=N–C) groups is 1. The van der Waals surface area contributed by atoms with E-state index in [1.807, 2.05) is 6.92 Å². The molecule has 0 bridgehead atoms. The molecule has 2 atom stereocenters. The second kappa shape index (κ2) is 6.61. The summed E-state index contributed by atoms with van der Waals surface area (Å²) < 4.78 is 29.6. The van der Waals surface area contributed by atoms with Gasteiger partial charge in [-0.2, -0.15) is 5.10 Å². The van der Waals surface area contributed by atoms with Crippen LogP contribution >= 0.6 is 0 Å². The maximum atomic E-state index is 14.8. The Hall–Kier alpha value is -2.82. The molecule has 0 radical (unpaired) electrons. The van der Waals surface area contributed by atoms with Crippen molar-refractivity contribution in [1.82, 2.24) is 10.2 Å². The molecule has 1 aromatic heterocycles. The van der Waals surface area contributed by atoms with E-state index < -0.39 is 11.6 Å². The van der Waals surface area contributed by atoms with Gasteiger partial charge < -0.3 is 0 Å². The van der Waals surface area contributed by atoms with E-state index in [0.717, 1.165) is 47.4 Å². The molecule has 3 nitrogen and oxygen atoms in total. The van der Waals surface area contributed by atoms with E-state index in [4.69, 9.17) is 4.99 Å². The number of nitrogens with zero attached hydrogens (tertiary/aromatic N) is 2. The number of halogens is 2. The van der Waals surface area contributed by atoms with Crippen LogP contribution in [-0.2, 0) is 0 Å². The first-order chi connectivity index (χ1) is 14.0. The molecule has 2 unspecified atom stereocenters. The summed E-state index contributed by atoms with van der Waals surface area (Å²) in [6, 6.07) is 3.98. The highest BCUT2D eigenvalue weighted by Gasteiger charge is 2.37. The zero-order chi connectivity index (χ0) is 20.3. The third kappa shape index (κ3) is 2.67. The number of rotatable bonds is 2. The minimum atomic E-state index is -0.594. The first kappa shape index (κ1) is 18.2. The minimum Gasteiger partial charge on any atom is -0.280 e. The number of fused-ring (bicyclic) bond motifs is 2. The highest BCUT2D eigenvalue weighted by atomic mass is 19.1. The number of hydrogen-bond donors (Lipinski definition) is 1. The third-order valence-corrected chi connectivity index (χ3v) is 6.27. The van der Waals surface area contributed by atoms with Crippen LogP contribution in [0.5, 0.6) is 0 Å². The van der Waals surface area contributed by atoms with Gasteiger partial charge in [0.2, 0.25) is 0 Å². The average Bonchev–Trinajstić information content (AvgIpc) is 2.99. The van der Waals surface area contributed by atoms with Gasteiger partial charge >= 0.3 is 0 Å². The van der Waals surface area contributed by atoms with Crippen LogP contribution in [0.3, 0.4) is 0 Å². The molecule has 1 aliphatic heterocycles. The lowest BCUT2D eigenvalue weighted by Crippen LogP contribution is -2.22. The van der Waals surface area contributed by atoms with Crippen molar-refractivity contribution in [3.8, 4) is 0 Å². The number of aromatic nitrogens is 2. The fourth-order valence-corrected chi connectivity index (χ4v) is 4.87. The molecule has 2 aromatic rings. The quantitative estimate of drug-likeness (QED) is 0.650. The van der Waals surface area contributed by atoms with E-state index in [2.05, 4.69) is 36.2 Å². The zero-order valence-electron chi connectivity index (χ0n) is 16.8. The zero-order valence-corrected chi connectivity index (χ0v) is 16.8. The van der Waals surface area contributed by atoms with Crippen molar-refractivity contribution in [2.45, 2.75) is 40.0 Å². The number of hydrogen-bond acceptors (Lipinski definition) is 2. The molecule has 1 N–H and O–H groups in total. The average molecular weight is 391 g/mol. The largest absolute Gasteiger partial charge is 0.280 e. The van der Waals surface area contributed by atoms with Gasteiger partial charge in [0.25, 0.3) is 0 Å². The summed E-state index contributed by atoms with van der Waals surface area (Å²) in [7, 11) is 0. The van der Waals surface area contributed by atoms with Crippen LogP contribution < -0.4 is 0 Å². The Balaban J connectivity index is 1.87. The first-order valence-electron chi connectivity index (χ1n) is 10.2. The van der Waals surface area contributed by atoms with Crippen LogP contribution in [0.2, 0.25) is 0 Å². The second-order valence-electron chi connectivity index (χ2n) is 8.22. The molecule has 0 fully saturated rings. The van der Waals surface area contributed by atoms with Crippen molar-refractivity contribution >= 4 is 17.0 Å². The van der Waals surface area contributed by atoms with E-state index in [9.17, 15) is 8.78 Å². The molecule has 29 heavy (non-hydrogen) atoms. The monoisotopic (exact) mass is 391 g/mol. The summed E-state index contributed by atoms with van der Waals surface area (Å²) in [5, 5.41) is 7.58. The Morgan fingerprint density at radius 3 is 2.69 bits per heavy atom. The first-order valence-corrected chi connectivity index (χ1v) is 10.2.